The van der Waals surface area contributed by atoms with E-state index in [1.54, 1.807) is 10.9 Å². The van der Waals surface area contributed by atoms with E-state index in [1.165, 1.54) is 24.1 Å². The molecule has 0 atom stereocenters. The summed E-state index contributed by atoms with van der Waals surface area (Å²) >= 11 is 5.79. The second-order valence-corrected chi connectivity index (χ2v) is 5.95. The fraction of sp³-hybridized carbons (Fsp3) is 0.333. The molecule has 0 amide bonds. The predicted octanol–water partition coefficient (Wildman–Crippen LogP) is -0.169. The summed E-state index contributed by atoms with van der Waals surface area (Å²) in [6.45, 7) is 0.539. The Kier molecular flexibility index (Phi) is 3.78. The van der Waals surface area contributed by atoms with Crippen LogP contribution in [0, 0.1) is 0 Å². The summed E-state index contributed by atoms with van der Waals surface area (Å²) in [4.78, 5) is 0. The minimum atomic E-state index is -3.70. The molecule has 10 heteroatoms. The molecular weight excluding hydrogens is 292 g/mol. The predicted molar refractivity (Wildman–Crippen MR) is 70.0 cm³/mol. The number of nitrogen functional groups attached to an aromatic ring is 1. The molecule has 0 aliphatic heterocycles. The lowest BCUT2D eigenvalue weighted by Gasteiger charge is -2.07. The monoisotopic (exact) mass is 304 g/mol. The standard InChI is InChI=1S/C9H13ClN6O2S/c1-15-9(8(10)5-12-15)19(17,18)14-2-3-16-6-7(11)4-13-16/h4-6,14H,2-3,11H2,1H3. The average Bonchev–Trinajstić information content (AvgIpc) is 2.86. The van der Waals surface area contributed by atoms with Gasteiger partial charge in [-0.1, -0.05) is 11.6 Å². The first kappa shape index (κ1) is 13.8. The number of nitrogens with one attached hydrogen (secondary N) is 1. The highest BCUT2D eigenvalue weighted by Crippen LogP contribution is 2.19. The third kappa shape index (κ3) is 3.06. The molecule has 2 aromatic heterocycles. The van der Waals surface area contributed by atoms with E-state index in [0.29, 0.717) is 12.2 Å². The Morgan fingerprint density at radius 2 is 2.16 bits per heavy atom. The Hall–Kier alpha value is -1.58. The van der Waals surface area contributed by atoms with Gasteiger partial charge >= 0.3 is 0 Å². The van der Waals surface area contributed by atoms with Gasteiger partial charge in [0.1, 0.15) is 0 Å². The zero-order valence-electron chi connectivity index (χ0n) is 10.1. The fourth-order valence-electron chi connectivity index (χ4n) is 1.57. The van der Waals surface area contributed by atoms with Crippen molar-refractivity contribution in [2.24, 2.45) is 7.05 Å². The van der Waals surface area contributed by atoms with E-state index >= 15 is 0 Å². The highest BCUT2D eigenvalue weighted by atomic mass is 35.5. The van der Waals surface area contributed by atoms with Crippen molar-refractivity contribution in [3.63, 3.8) is 0 Å². The van der Waals surface area contributed by atoms with Crippen molar-refractivity contribution >= 4 is 27.3 Å². The van der Waals surface area contributed by atoms with Crippen LogP contribution in [0.1, 0.15) is 0 Å². The van der Waals surface area contributed by atoms with Gasteiger partial charge in [0.15, 0.2) is 5.03 Å². The lowest BCUT2D eigenvalue weighted by Crippen LogP contribution is -2.29. The van der Waals surface area contributed by atoms with Gasteiger partial charge in [0.2, 0.25) is 0 Å². The van der Waals surface area contributed by atoms with E-state index in [1.807, 2.05) is 0 Å². The van der Waals surface area contributed by atoms with Crippen molar-refractivity contribution in [3.8, 4) is 0 Å². The second kappa shape index (κ2) is 5.19. The van der Waals surface area contributed by atoms with E-state index in [-0.39, 0.29) is 16.6 Å². The van der Waals surface area contributed by atoms with Gasteiger partial charge in [-0.25, -0.2) is 13.1 Å². The number of hydrogen-bond acceptors (Lipinski definition) is 5. The van der Waals surface area contributed by atoms with Crippen LogP contribution in [0.2, 0.25) is 5.02 Å². The van der Waals surface area contributed by atoms with Crippen LogP contribution in [-0.4, -0.2) is 34.5 Å². The number of anilines is 1. The molecule has 0 radical (unpaired) electrons. The van der Waals surface area contributed by atoms with Crippen molar-refractivity contribution in [2.45, 2.75) is 11.6 Å². The van der Waals surface area contributed by atoms with Gasteiger partial charge in [0.25, 0.3) is 10.0 Å². The molecule has 0 fully saturated rings. The van der Waals surface area contributed by atoms with Crippen molar-refractivity contribution < 1.29 is 8.42 Å². The van der Waals surface area contributed by atoms with Crippen LogP contribution in [0.3, 0.4) is 0 Å². The first-order chi connectivity index (χ1) is 8.90. The van der Waals surface area contributed by atoms with Crippen molar-refractivity contribution in [1.82, 2.24) is 24.3 Å². The molecule has 0 saturated carbocycles. The summed E-state index contributed by atoms with van der Waals surface area (Å²) in [5, 5.41) is 7.75. The number of hydrogen-bond donors (Lipinski definition) is 2. The number of rotatable bonds is 5. The number of aromatic nitrogens is 4. The largest absolute Gasteiger partial charge is 0.396 e. The lowest BCUT2D eigenvalue weighted by atomic mass is 10.6. The van der Waals surface area contributed by atoms with Crippen LogP contribution in [0.15, 0.2) is 23.6 Å². The minimum absolute atomic E-state index is 0.0610. The molecule has 8 nitrogen and oxygen atoms in total. The Labute approximate surface area is 115 Å². The number of nitrogens with two attached hydrogens (primary N) is 1. The molecule has 0 saturated heterocycles. The van der Waals surface area contributed by atoms with Crippen LogP contribution >= 0.6 is 11.6 Å². The Morgan fingerprint density at radius 1 is 1.42 bits per heavy atom. The van der Waals surface area contributed by atoms with Gasteiger partial charge in [0.05, 0.1) is 29.6 Å². The fourth-order valence-corrected chi connectivity index (χ4v) is 3.24. The van der Waals surface area contributed by atoms with E-state index in [0.717, 1.165) is 0 Å². The number of aryl methyl sites for hydroxylation is 1. The van der Waals surface area contributed by atoms with Crippen LogP contribution < -0.4 is 10.5 Å². The zero-order chi connectivity index (χ0) is 14.0. The maximum Gasteiger partial charge on any atom is 0.259 e. The molecule has 0 unspecified atom stereocenters. The third-order valence-electron chi connectivity index (χ3n) is 2.38. The van der Waals surface area contributed by atoms with Crippen molar-refractivity contribution in [1.29, 1.82) is 0 Å². The molecule has 0 spiro atoms. The molecule has 2 heterocycles. The van der Waals surface area contributed by atoms with Gasteiger partial charge < -0.3 is 5.73 Å². The third-order valence-corrected chi connectivity index (χ3v) is 4.35. The Bertz CT molecular complexity index is 657. The summed E-state index contributed by atoms with van der Waals surface area (Å²) in [5.41, 5.74) is 6.03. The summed E-state index contributed by atoms with van der Waals surface area (Å²) < 4.78 is 29.2. The summed E-state index contributed by atoms with van der Waals surface area (Å²) in [6.07, 6.45) is 4.39. The van der Waals surface area contributed by atoms with Gasteiger partial charge in [-0.3, -0.25) is 9.36 Å². The Balaban J connectivity index is 2.03. The number of nitrogens with zero attached hydrogens (tertiary/aromatic N) is 4. The first-order valence-electron chi connectivity index (χ1n) is 5.35. The van der Waals surface area contributed by atoms with Crippen LogP contribution in [0.25, 0.3) is 0 Å². The molecule has 0 aromatic carbocycles. The molecule has 104 valence electrons. The van der Waals surface area contributed by atoms with Gasteiger partial charge in [-0.2, -0.15) is 10.2 Å². The quantitative estimate of drug-likeness (QED) is 0.797. The highest BCUT2D eigenvalue weighted by molar-refractivity contribution is 7.89. The molecule has 3 N–H and O–H groups in total. The molecular formula is C9H13ClN6O2S. The molecule has 0 aliphatic carbocycles. The topological polar surface area (TPSA) is 108 Å². The van der Waals surface area contributed by atoms with Gasteiger partial charge in [-0.15, -0.1) is 0 Å². The van der Waals surface area contributed by atoms with Crippen LogP contribution in [0.4, 0.5) is 5.69 Å². The van der Waals surface area contributed by atoms with Crippen molar-refractivity contribution in [2.75, 3.05) is 12.3 Å². The summed E-state index contributed by atoms with van der Waals surface area (Å²) in [5.74, 6) is 0. The molecule has 2 aromatic rings. The maximum absolute atomic E-state index is 12.0. The average molecular weight is 305 g/mol. The van der Waals surface area contributed by atoms with E-state index in [9.17, 15) is 8.42 Å². The molecule has 19 heavy (non-hydrogen) atoms. The van der Waals surface area contributed by atoms with Crippen molar-refractivity contribution in [3.05, 3.63) is 23.6 Å². The number of sulfonamides is 1. The van der Waals surface area contributed by atoms with E-state index in [4.69, 9.17) is 17.3 Å². The number of halogens is 1. The minimum Gasteiger partial charge on any atom is -0.396 e. The maximum atomic E-state index is 12.0. The SMILES string of the molecule is Cn1ncc(Cl)c1S(=O)(=O)NCCn1cc(N)cn1. The van der Waals surface area contributed by atoms with E-state index in [2.05, 4.69) is 14.9 Å². The summed E-state index contributed by atoms with van der Waals surface area (Å²) in [6, 6.07) is 0. The summed E-state index contributed by atoms with van der Waals surface area (Å²) in [7, 11) is -2.19. The normalized spacial score (nSPS) is 11.9. The van der Waals surface area contributed by atoms with Gasteiger partial charge in [0, 0.05) is 19.8 Å². The highest BCUT2D eigenvalue weighted by Gasteiger charge is 2.22. The zero-order valence-corrected chi connectivity index (χ0v) is 11.7. The van der Waals surface area contributed by atoms with Gasteiger partial charge in [-0.05, 0) is 0 Å². The molecule has 0 bridgehead atoms. The lowest BCUT2D eigenvalue weighted by molar-refractivity contribution is 0.548. The first-order valence-corrected chi connectivity index (χ1v) is 7.21. The Morgan fingerprint density at radius 3 is 2.68 bits per heavy atom. The smallest absolute Gasteiger partial charge is 0.259 e. The molecule has 2 rings (SSSR count). The van der Waals surface area contributed by atoms with Crippen LogP contribution in [0.5, 0.6) is 0 Å². The van der Waals surface area contributed by atoms with Crippen LogP contribution in [-0.2, 0) is 23.6 Å². The van der Waals surface area contributed by atoms with E-state index < -0.39 is 10.0 Å². The second-order valence-electron chi connectivity index (χ2n) is 3.86. The molecule has 0 aliphatic rings.